The molecule has 1 aliphatic rings. The zero-order valence-corrected chi connectivity index (χ0v) is 11.2. The zero-order valence-electron chi connectivity index (χ0n) is 11.2. The zero-order chi connectivity index (χ0) is 14.8. The molecule has 0 amide bonds. The highest BCUT2D eigenvalue weighted by Gasteiger charge is 2.30. The molecule has 0 bridgehead atoms. The van der Waals surface area contributed by atoms with Crippen LogP contribution >= 0.6 is 0 Å². The van der Waals surface area contributed by atoms with Crippen molar-refractivity contribution in [2.24, 2.45) is 0 Å². The van der Waals surface area contributed by atoms with Gasteiger partial charge in [0, 0.05) is 11.1 Å². The fraction of sp³-hybridized carbons (Fsp3) is 0.188. The van der Waals surface area contributed by atoms with Crippen LogP contribution in [-0.2, 0) is 4.79 Å². The first kappa shape index (κ1) is 13.6. The number of hydrogen-bond donors (Lipinski definition) is 3. The van der Waals surface area contributed by atoms with Gasteiger partial charge in [0.25, 0.3) is 0 Å². The molecule has 0 unspecified atom stereocenters. The van der Waals surface area contributed by atoms with Crippen LogP contribution in [0.3, 0.4) is 0 Å². The molecule has 3 rings (SSSR count). The number of aliphatic carboxylic acids is 1. The van der Waals surface area contributed by atoms with E-state index in [1.54, 1.807) is 0 Å². The van der Waals surface area contributed by atoms with E-state index in [1.807, 2.05) is 48.5 Å². The van der Waals surface area contributed by atoms with Crippen molar-refractivity contribution in [3.8, 4) is 11.5 Å². The number of hydrogen-bond acceptors (Lipinski definition) is 4. The summed E-state index contributed by atoms with van der Waals surface area (Å²) in [5.41, 5.74) is 1.71. The van der Waals surface area contributed by atoms with Gasteiger partial charge in [0.1, 0.15) is 17.5 Å². The lowest BCUT2D eigenvalue weighted by Crippen LogP contribution is -2.42. The Morgan fingerprint density at radius 2 is 1.62 bits per heavy atom. The van der Waals surface area contributed by atoms with Gasteiger partial charge < -0.3 is 14.9 Å². The Balaban J connectivity index is 2.04. The number of ether oxygens (including phenoxy) is 1. The fourth-order valence-corrected chi connectivity index (χ4v) is 2.49. The molecule has 1 atom stereocenters. The van der Waals surface area contributed by atoms with Crippen molar-refractivity contribution in [2.75, 3.05) is 6.61 Å². The molecule has 0 radical (unpaired) electrons. The van der Waals surface area contributed by atoms with E-state index < -0.39 is 18.6 Å². The van der Waals surface area contributed by atoms with Crippen LogP contribution in [-0.4, -0.2) is 28.8 Å². The van der Waals surface area contributed by atoms with E-state index in [-0.39, 0.29) is 6.04 Å². The number of para-hydroxylation sites is 2. The Hall–Kier alpha value is -2.37. The maximum Gasteiger partial charge on any atom is 0.323 e. The summed E-state index contributed by atoms with van der Waals surface area (Å²) >= 11 is 0. The van der Waals surface area contributed by atoms with E-state index in [2.05, 4.69) is 5.32 Å². The molecule has 0 fully saturated rings. The number of aliphatic hydroxyl groups excluding tert-OH is 1. The van der Waals surface area contributed by atoms with E-state index in [4.69, 9.17) is 9.84 Å². The predicted octanol–water partition coefficient (Wildman–Crippen LogP) is 1.92. The quantitative estimate of drug-likeness (QED) is 0.800. The Bertz CT molecular complexity index is 625. The number of carbonyl (C=O) groups is 1. The molecule has 0 spiro atoms. The average molecular weight is 285 g/mol. The minimum Gasteiger partial charge on any atom is -0.480 e. The highest BCUT2D eigenvalue weighted by Crippen LogP contribution is 2.42. The molecule has 1 heterocycles. The Morgan fingerprint density at radius 1 is 1.10 bits per heavy atom. The van der Waals surface area contributed by atoms with Gasteiger partial charge in [-0.05, 0) is 12.1 Å². The van der Waals surface area contributed by atoms with E-state index in [0.29, 0.717) is 11.5 Å². The summed E-state index contributed by atoms with van der Waals surface area (Å²) in [6, 6.07) is 13.6. The SMILES string of the molecule is O=C(O)[C@H](CO)NC1c2ccccc2Oc2ccccc21. The summed E-state index contributed by atoms with van der Waals surface area (Å²) in [4.78, 5) is 11.2. The Morgan fingerprint density at radius 3 is 2.10 bits per heavy atom. The van der Waals surface area contributed by atoms with Gasteiger partial charge in [-0.3, -0.25) is 10.1 Å². The third-order valence-corrected chi connectivity index (χ3v) is 3.53. The normalized spacial score (nSPS) is 14.7. The molecule has 0 aromatic heterocycles. The number of nitrogens with one attached hydrogen (secondary N) is 1. The van der Waals surface area contributed by atoms with Crippen molar-refractivity contribution >= 4 is 5.97 Å². The summed E-state index contributed by atoms with van der Waals surface area (Å²) in [6.45, 7) is -0.475. The van der Waals surface area contributed by atoms with Crippen LogP contribution in [0, 0.1) is 0 Å². The van der Waals surface area contributed by atoms with Crippen molar-refractivity contribution < 1.29 is 19.7 Å². The predicted molar refractivity (Wildman–Crippen MR) is 76.4 cm³/mol. The molecule has 2 aromatic rings. The van der Waals surface area contributed by atoms with Crippen LogP contribution in [0.15, 0.2) is 48.5 Å². The standard InChI is InChI=1S/C16H15NO4/c18-9-12(16(19)20)17-15-10-5-1-3-7-13(10)21-14-8-4-2-6-11(14)15/h1-8,12,15,17-18H,9H2,(H,19,20)/t12-/m0/s1. The van der Waals surface area contributed by atoms with Crippen LogP contribution in [0.1, 0.15) is 17.2 Å². The molecule has 3 N–H and O–H groups in total. The van der Waals surface area contributed by atoms with Gasteiger partial charge in [0.05, 0.1) is 12.6 Å². The Labute approximate surface area is 121 Å². The molecular weight excluding hydrogens is 270 g/mol. The van der Waals surface area contributed by atoms with E-state index >= 15 is 0 Å². The highest BCUT2D eigenvalue weighted by atomic mass is 16.5. The van der Waals surface area contributed by atoms with Gasteiger partial charge in [-0.15, -0.1) is 0 Å². The first-order valence-corrected chi connectivity index (χ1v) is 6.66. The number of aliphatic hydroxyl groups is 1. The molecule has 0 saturated carbocycles. The van der Waals surface area contributed by atoms with Crippen molar-refractivity contribution in [1.29, 1.82) is 0 Å². The van der Waals surface area contributed by atoms with Gasteiger partial charge in [0.15, 0.2) is 0 Å². The van der Waals surface area contributed by atoms with Crippen LogP contribution in [0.4, 0.5) is 0 Å². The van der Waals surface area contributed by atoms with Crippen molar-refractivity contribution in [3.05, 3.63) is 59.7 Å². The van der Waals surface area contributed by atoms with Gasteiger partial charge in [-0.25, -0.2) is 0 Å². The van der Waals surface area contributed by atoms with Crippen LogP contribution < -0.4 is 10.1 Å². The average Bonchev–Trinajstić information content (AvgIpc) is 2.51. The summed E-state index contributed by atoms with van der Waals surface area (Å²) in [6.07, 6.45) is 0. The molecule has 0 aliphatic carbocycles. The fourth-order valence-electron chi connectivity index (χ4n) is 2.49. The van der Waals surface area contributed by atoms with Gasteiger partial charge in [0.2, 0.25) is 0 Å². The summed E-state index contributed by atoms with van der Waals surface area (Å²) in [5.74, 6) is 0.297. The monoisotopic (exact) mass is 285 g/mol. The second-order valence-corrected chi connectivity index (χ2v) is 4.85. The molecule has 0 saturated heterocycles. The third-order valence-electron chi connectivity index (χ3n) is 3.53. The second kappa shape index (κ2) is 5.55. The van der Waals surface area contributed by atoms with Crippen molar-refractivity contribution in [1.82, 2.24) is 5.32 Å². The van der Waals surface area contributed by atoms with E-state index in [0.717, 1.165) is 11.1 Å². The molecular formula is C16H15NO4. The third kappa shape index (κ3) is 2.49. The molecule has 21 heavy (non-hydrogen) atoms. The minimum absolute atomic E-state index is 0.334. The summed E-state index contributed by atoms with van der Waals surface area (Å²) in [7, 11) is 0. The first-order chi connectivity index (χ1) is 10.2. The topological polar surface area (TPSA) is 78.8 Å². The van der Waals surface area contributed by atoms with Crippen molar-refractivity contribution in [2.45, 2.75) is 12.1 Å². The van der Waals surface area contributed by atoms with Gasteiger partial charge in [-0.1, -0.05) is 36.4 Å². The summed E-state index contributed by atoms with van der Waals surface area (Å²) < 4.78 is 5.83. The highest BCUT2D eigenvalue weighted by molar-refractivity contribution is 5.74. The lowest BCUT2D eigenvalue weighted by atomic mass is 9.94. The van der Waals surface area contributed by atoms with Crippen molar-refractivity contribution in [3.63, 3.8) is 0 Å². The molecule has 5 nitrogen and oxygen atoms in total. The number of carboxylic acids is 1. The van der Waals surface area contributed by atoms with Gasteiger partial charge in [-0.2, -0.15) is 0 Å². The second-order valence-electron chi connectivity index (χ2n) is 4.85. The minimum atomic E-state index is -1.08. The Kier molecular flexibility index (Phi) is 3.60. The number of carboxylic acid groups (broad SMARTS) is 1. The summed E-state index contributed by atoms with van der Waals surface area (Å²) in [5, 5.41) is 21.4. The maximum absolute atomic E-state index is 11.2. The van der Waals surface area contributed by atoms with Gasteiger partial charge >= 0.3 is 5.97 Å². The van der Waals surface area contributed by atoms with Crippen LogP contribution in [0.5, 0.6) is 11.5 Å². The lowest BCUT2D eigenvalue weighted by Gasteiger charge is -2.30. The van der Waals surface area contributed by atoms with Crippen LogP contribution in [0.2, 0.25) is 0 Å². The van der Waals surface area contributed by atoms with E-state index in [9.17, 15) is 9.90 Å². The van der Waals surface area contributed by atoms with Crippen LogP contribution in [0.25, 0.3) is 0 Å². The molecule has 1 aliphatic heterocycles. The lowest BCUT2D eigenvalue weighted by molar-refractivity contribution is -0.140. The molecule has 108 valence electrons. The number of rotatable bonds is 4. The molecule has 5 heteroatoms. The largest absolute Gasteiger partial charge is 0.480 e. The number of benzene rings is 2. The maximum atomic E-state index is 11.2. The molecule has 2 aromatic carbocycles. The smallest absolute Gasteiger partial charge is 0.323 e. The van der Waals surface area contributed by atoms with E-state index in [1.165, 1.54) is 0 Å². The first-order valence-electron chi connectivity index (χ1n) is 6.66. The number of fused-ring (bicyclic) bond motifs is 2.